The number of nitrogens with two attached hydrogens (primary N) is 1. The predicted octanol–water partition coefficient (Wildman–Crippen LogP) is 1.38. The van der Waals surface area contributed by atoms with E-state index in [4.69, 9.17) is 10.6 Å². The summed E-state index contributed by atoms with van der Waals surface area (Å²) in [5.74, 6) is 5.43. The van der Waals surface area contributed by atoms with E-state index in [1.54, 1.807) is 11.3 Å². The molecule has 0 aliphatic rings. The first-order chi connectivity index (χ1) is 6.63. The lowest BCUT2D eigenvalue weighted by Gasteiger charge is -2.15. The SMILES string of the molecule is Cc1nc(C(COC(C)C)NN)cs1. The van der Waals surface area contributed by atoms with Crippen LogP contribution in [0.5, 0.6) is 0 Å². The van der Waals surface area contributed by atoms with E-state index in [0.29, 0.717) is 6.61 Å². The Bertz CT molecular complexity index is 275. The number of aryl methyl sites for hydroxylation is 1. The normalized spacial score (nSPS) is 13.5. The van der Waals surface area contributed by atoms with Crippen molar-refractivity contribution >= 4 is 11.3 Å². The summed E-state index contributed by atoms with van der Waals surface area (Å²) in [5, 5.41) is 3.05. The highest BCUT2D eigenvalue weighted by Crippen LogP contribution is 2.16. The van der Waals surface area contributed by atoms with Crippen LogP contribution >= 0.6 is 11.3 Å². The molecule has 0 aliphatic carbocycles. The number of hydrogen-bond donors (Lipinski definition) is 2. The van der Waals surface area contributed by atoms with Crippen LogP contribution in [0.3, 0.4) is 0 Å². The molecule has 14 heavy (non-hydrogen) atoms. The van der Waals surface area contributed by atoms with Gasteiger partial charge in [-0.15, -0.1) is 11.3 Å². The van der Waals surface area contributed by atoms with Gasteiger partial charge in [0.25, 0.3) is 0 Å². The maximum Gasteiger partial charge on any atom is 0.0898 e. The maximum atomic E-state index is 5.48. The standard InChI is InChI=1S/C9H17N3OS/c1-6(2)13-4-8(12-10)9-5-14-7(3)11-9/h5-6,8,12H,4,10H2,1-3H3. The number of rotatable bonds is 5. The summed E-state index contributed by atoms with van der Waals surface area (Å²) in [6, 6.07) is -0.0117. The van der Waals surface area contributed by atoms with Crippen LogP contribution < -0.4 is 11.3 Å². The Labute approximate surface area is 88.5 Å². The molecule has 4 nitrogen and oxygen atoms in total. The Hall–Kier alpha value is -0.490. The van der Waals surface area contributed by atoms with Crippen molar-refractivity contribution < 1.29 is 4.74 Å². The van der Waals surface area contributed by atoms with Crippen molar-refractivity contribution in [1.82, 2.24) is 10.4 Å². The van der Waals surface area contributed by atoms with Gasteiger partial charge in [-0.1, -0.05) is 0 Å². The Balaban J connectivity index is 2.54. The molecule has 0 bridgehead atoms. The van der Waals surface area contributed by atoms with E-state index in [1.165, 1.54) is 0 Å². The number of nitrogens with one attached hydrogen (secondary N) is 1. The molecule has 0 aliphatic heterocycles. The number of hydrogen-bond acceptors (Lipinski definition) is 5. The molecule has 5 heteroatoms. The minimum Gasteiger partial charge on any atom is -0.377 e. The summed E-state index contributed by atoms with van der Waals surface area (Å²) >= 11 is 1.62. The molecule has 1 aromatic heterocycles. The molecule has 0 fully saturated rings. The first kappa shape index (κ1) is 11.6. The first-order valence-electron chi connectivity index (χ1n) is 4.63. The summed E-state index contributed by atoms with van der Waals surface area (Å²) in [7, 11) is 0. The zero-order valence-corrected chi connectivity index (χ0v) is 9.60. The monoisotopic (exact) mass is 215 g/mol. The highest BCUT2D eigenvalue weighted by atomic mass is 32.1. The van der Waals surface area contributed by atoms with Crippen LogP contribution in [0.25, 0.3) is 0 Å². The first-order valence-corrected chi connectivity index (χ1v) is 5.51. The molecule has 80 valence electrons. The zero-order valence-electron chi connectivity index (χ0n) is 8.78. The van der Waals surface area contributed by atoms with Crippen molar-refractivity contribution in [2.24, 2.45) is 5.84 Å². The van der Waals surface area contributed by atoms with E-state index in [2.05, 4.69) is 10.4 Å². The third-order valence-corrected chi connectivity index (χ3v) is 2.58. The van der Waals surface area contributed by atoms with Gasteiger partial charge in [-0.3, -0.25) is 5.84 Å². The van der Waals surface area contributed by atoms with Gasteiger partial charge in [0.1, 0.15) is 0 Å². The Morgan fingerprint density at radius 1 is 1.64 bits per heavy atom. The summed E-state index contributed by atoms with van der Waals surface area (Å²) in [6.07, 6.45) is 0.214. The molecule has 1 heterocycles. The highest BCUT2D eigenvalue weighted by Gasteiger charge is 2.13. The average molecular weight is 215 g/mol. The van der Waals surface area contributed by atoms with Crippen molar-refractivity contribution in [3.05, 3.63) is 16.1 Å². The molecule has 1 rings (SSSR count). The molecule has 0 saturated heterocycles. The molecule has 1 unspecified atom stereocenters. The fraction of sp³-hybridized carbons (Fsp3) is 0.667. The number of hydrazine groups is 1. The van der Waals surface area contributed by atoms with E-state index < -0.39 is 0 Å². The Morgan fingerprint density at radius 2 is 2.36 bits per heavy atom. The molecule has 0 aromatic carbocycles. The van der Waals surface area contributed by atoms with E-state index in [9.17, 15) is 0 Å². The number of ether oxygens (including phenoxy) is 1. The lowest BCUT2D eigenvalue weighted by molar-refractivity contribution is 0.0604. The second-order valence-electron chi connectivity index (χ2n) is 3.39. The van der Waals surface area contributed by atoms with E-state index in [-0.39, 0.29) is 12.1 Å². The van der Waals surface area contributed by atoms with Crippen LogP contribution in [0.1, 0.15) is 30.6 Å². The van der Waals surface area contributed by atoms with E-state index >= 15 is 0 Å². The van der Waals surface area contributed by atoms with Crippen LogP contribution in [0.4, 0.5) is 0 Å². The summed E-state index contributed by atoms with van der Waals surface area (Å²) in [6.45, 7) is 6.53. The molecular formula is C9H17N3OS. The lowest BCUT2D eigenvalue weighted by atomic mass is 10.2. The minimum atomic E-state index is -0.0117. The van der Waals surface area contributed by atoms with Crippen LogP contribution in [-0.4, -0.2) is 17.7 Å². The number of thiazole rings is 1. The Kier molecular flexibility index (Phi) is 4.47. The fourth-order valence-corrected chi connectivity index (χ4v) is 1.71. The lowest BCUT2D eigenvalue weighted by Crippen LogP contribution is -2.32. The van der Waals surface area contributed by atoms with Gasteiger partial charge < -0.3 is 4.74 Å². The van der Waals surface area contributed by atoms with Crippen molar-refractivity contribution in [2.75, 3.05) is 6.61 Å². The van der Waals surface area contributed by atoms with E-state index in [0.717, 1.165) is 10.7 Å². The van der Waals surface area contributed by atoms with Crippen molar-refractivity contribution in [3.63, 3.8) is 0 Å². The van der Waals surface area contributed by atoms with Gasteiger partial charge in [-0.05, 0) is 20.8 Å². The third-order valence-electron chi connectivity index (χ3n) is 1.79. The van der Waals surface area contributed by atoms with E-state index in [1.807, 2.05) is 26.2 Å². The zero-order chi connectivity index (χ0) is 10.6. The second-order valence-corrected chi connectivity index (χ2v) is 4.45. The van der Waals surface area contributed by atoms with Gasteiger partial charge >= 0.3 is 0 Å². The van der Waals surface area contributed by atoms with Crippen LogP contribution in [0.15, 0.2) is 5.38 Å². The van der Waals surface area contributed by atoms with Crippen LogP contribution in [-0.2, 0) is 4.74 Å². The van der Waals surface area contributed by atoms with Crippen LogP contribution in [0, 0.1) is 6.92 Å². The molecule has 0 spiro atoms. The third kappa shape index (κ3) is 3.34. The quantitative estimate of drug-likeness (QED) is 0.575. The maximum absolute atomic E-state index is 5.48. The average Bonchev–Trinajstić information content (AvgIpc) is 2.53. The molecule has 0 saturated carbocycles. The predicted molar refractivity (Wildman–Crippen MR) is 58.0 cm³/mol. The van der Waals surface area contributed by atoms with Crippen molar-refractivity contribution in [1.29, 1.82) is 0 Å². The molecular weight excluding hydrogens is 198 g/mol. The molecule has 3 N–H and O–H groups in total. The minimum absolute atomic E-state index is 0.0117. The number of nitrogens with zero attached hydrogens (tertiary/aromatic N) is 1. The summed E-state index contributed by atoms with van der Waals surface area (Å²) in [5.41, 5.74) is 3.66. The van der Waals surface area contributed by atoms with Gasteiger partial charge in [-0.2, -0.15) is 0 Å². The topological polar surface area (TPSA) is 60.2 Å². The van der Waals surface area contributed by atoms with Gasteiger partial charge in [0.2, 0.25) is 0 Å². The van der Waals surface area contributed by atoms with Crippen molar-refractivity contribution in [2.45, 2.75) is 32.9 Å². The largest absolute Gasteiger partial charge is 0.377 e. The Morgan fingerprint density at radius 3 is 2.79 bits per heavy atom. The molecule has 1 aromatic rings. The highest BCUT2D eigenvalue weighted by molar-refractivity contribution is 7.09. The fourth-order valence-electron chi connectivity index (χ4n) is 1.05. The van der Waals surface area contributed by atoms with Gasteiger partial charge in [0.05, 0.1) is 29.5 Å². The van der Waals surface area contributed by atoms with Crippen molar-refractivity contribution in [3.8, 4) is 0 Å². The van der Waals surface area contributed by atoms with Gasteiger partial charge in [0.15, 0.2) is 0 Å². The summed E-state index contributed by atoms with van der Waals surface area (Å²) in [4.78, 5) is 4.36. The van der Waals surface area contributed by atoms with Crippen LogP contribution in [0.2, 0.25) is 0 Å². The molecule has 0 radical (unpaired) electrons. The number of aromatic nitrogens is 1. The summed E-state index contributed by atoms with van der Waals surface area (Å²) < 4.78 is 5.48. The molecule has 1 atom stereocenters. The van der Waals surface area contributed by atoms with Gasteiger partial charge in [-0.25, -0.2) is 10.4 Å². The second kappa shape index (κ2) is 5.41. The van der Waals surface area contributed by atoms with Gasteiger partial charge in [0, 0.05) is 5.38 Å². The molecule has 0 amide bonds. The smallest absolute Gasteiger partial charge is 0.0898 e.